The van der Waals surface area contributed by atoms with Gasteiger partial charge in [-0.1, -0.05) is 185 Å². The third-order valence-corrected chi connectivity index (χ3v) is 10.6. The van der Waals surface area contributed by atoms with E-state index in [0.29, 0.717) is 25.7 Å². The van der Waals surface area contributed by atoms with E-state index in [1.807, 2.05) is 0 Å². The second kappa shape index (κ2) is 47.1. The molecule has 1 unspecified atom stereocenters. The topological polar surface area (TPSA) is 78.9 Å². The first kappa shape index (κ1) is 55.4. The molecule has 0 heterocycles. The summed E-state index contributed by atoms with van der Waals surface area (Å²) in [5.41, 5.74) is 0. The van der Waals surface area contributed by atoms with E-state index < -0.39 is 6.10 Å². The Hall–Kier alpha value is -2.63. The van der Waals surface area contributed by atoms with Crippen LogP contribution in [0.5, 0.6) is 0 Å². The van der Waals surface area contributed by atoms with Crippen LogP contribution >= 0.6 is 0 Å². The molecule has 6 heteroatoms. The van der Waals surface area contributed by atoms with Crippen LogP contribution < -0.4 is 0 Å². The Balaban J connectivity index is 4.38. The van der Waals surface area contributed by atoms with Gasteiger partial charge in [0.15, 0.2) is 6.10 Å². The van der Waals surface area contributed by atoms with Crippen molar-refractivity contribution >= 4 is 17.9 Å². The molecule has 0 aliphatic heterocycles. The highest BCUT2D eigenvalue weighted by atomic mass is 16.6. The average molecular weight is 813 g/mol. The van der Waals surface area contributed by atoms with Crippen LogP contribution in [0.25, 0.3) is 0 Å². The minimum Gasteiger partial charge on any atom is -0.462 e. The lowest BCUT2D eigenvalue weighted by atomic mass is 10.1. The molecule has 0 aliphatic rings. The molecule has 336 valence electrons. The predicted molar refractivity (Wildman–Crippen MR) is 247 cm³/mol. The fourth-order valence-electron chi connectivity index (χ4n) is 6.78. The molecule has 0 fully saturated rings. The van der Waals surface area contributed by atoms with E-state index in [1.54, 1.807) is 0 Å². The summed E-state index contributed by atoms with van der Waals surface area (Å²) >= 11 is 0. The fourth-order valence-corrected chi connectivity index (χ4v) is 6.78. The normalized spacial score (nSPS) is 12.4. The monoisotopic (exact) mass is 813 g/mol. The van der Waals surface area contributed by atoms with Gasteiger partial charge >= 0.3 is 17.9 Å². The van der Waals surface area contributed by atoms with Gasteiger partial charge in [-0.25, -0.2) is 0 Å². The first-order chi connectivity index (χ1) is 28.5. The zero-order chi connectivity index (χ0) is 42.3. The first-order valence-corrected chi connectivity index (χ1v) is 24.7. The van der Waals surface area contributed by atoms with E-state index in [4.69, 9.17) is 14.2 Å². The van der Waals surface area contributed by atoms with Crippen LogP contribution in [0.4, 0.5) is 0 Å². The van der Waals surface area contributed by atoms with E-state index in [2.05, 4.69) is 69.4 Å². The van der Waals surface area contributed by atoms with Crippen LogP contribution in [0.1, 0.15) is 245 Å². The van der Waals surface area contributed by atoms with Crippen molar-refractivity contribution in [3.8, 4) is 0 Å². The van der Waals surface area contributed by atoms with Gasteiger partial charge in [0.25, 0.3) is 0 Å². The molecule has 0 saturated heterocycles. The summed E-state index contributed by atoms with van der Waals surface area (Å²) < 4.78 is 16.7. The Morgan fingerprint density at radius 1 is 0.345 bits per heavy atom. The van der Waals surface area contributed by atoms with E-state index in [1.165, 1.54) is 128 Å². The number of allylic oxidation sites excluding steroid dienone is 8. The SMILES string of the molecule is CCCCC/C=C\C=C/CCCCCCCCC(=O)OC(COC(=O)CCC/C=C\CCCCCC)COC(=O)CCCCCCC/C=C\CCCCCCCCC. The smallest absolute Gasteiger partial charge is 0.306 e. The second-order valence-electron chi connectivity index (χ2n) is 16.4. The van der Waals surface area contributed by atoms with Gasteiger partial charge in [0.05, 0.1) is 0 Å². The van der Waals surface area contributed by atoms with Gasteiger partial charge in [0, 0.05) is 19.3 Å². The zero-order valence-corrected chi connectivity index (χ0v) is 38.3. The maximum atomic E-state index is 12.7. The molecule has 0 saturated carbocycles. The zero-order valence-electron chi connectivity index (χ0n) is 38.3. The van der Waals surface area contributed by atoms with Gasteiger partial charge in [-0.3, -0.25) is 14.4 Å². The molecular formula is C52H92O6. The Morgan fingerprint density at radius 3 is 1.09 bits per heavy atom. The number of esters is 3. The Morgan fingerprint density at radius 2 is 0.638 bits per heavy atom. The van der Waals surface area contributed by atoms with Crippen molar-refractivity contribution < 1.29 is 28.6 Å². The second-order valence-corrected chi connectivity index (χ2v) is 16.4. The third-order valence-electron chi connectivity index (χ3n) is 10.6. The first-order valence-electron chi connectivity index (χ1n) is 24.7. The molecule has 0 spiro atoms. The number of carbonyl (C=O) groups is 3. The number of unbranched alkanes of at least 4 members (excludes halogenated alkanes) is 26. The highest BCUT2D eigenvalue weighted by Crippen LogP contribution is 2.13. The third kappa shape index (κ3) is 44.5. The van der Waals surface area contributed by atoms with Crippen molar-refractivity contribution in [1.29, 1.82) is 0 Å². The molecule has 0 aromatic carbocycles. The van der Waals surface area contributed by atoms with Gasteiger partial charge < -0.3 is 14.2 Å². The van der Waals surface area contributed by atoms with Crippen molar-refractivity contribution in [2.75, 3.05) is 13.2 Å². The summed E-state index contributed by atoms with van der Waals surface area (Å²) in [7, 11) is 0. The summed E-state index contributed by atoms with van der Waals surface area (Å²) in [4.78, 5) is 37.8. The van der Waals surface area contributed by atoms with Crippen LogP contribution in [0, 0.1) is 0 Å². The average Bonchev–Trinajstić information content (AvgIpc) is 3.22. The van der Waals surface area contributed by atoms with Crippen LogP contribution in [-0.2, 0) is 28.6 Å². The maximum Gasteiger partial charge on any atom is 0.306 e. The van der Waals surface area contributed by atoms with Crippen LogP contribution in [0.2, 0.25) is 0 Å². The van der Waals surface area contributed by atoms with Crippen LogP contribution in [0.15, 0.2) is 48.6 Å². The lowest BCUT2D eigenvalue weighted by Crippen LogP contribution is -2.30. The molecule has 0 aromatic heterocycles. The highest BCUT2D eigenvalue weighted by molar-refractivity contribution is 5.71. The molecule has 0 aliphatic carbocycles. The predicted octanol–water partition coefficient (Wildman–Crippen LogP) is 15.9. The van der Waals surface area contributed by atoms with Crippen molar-refractivity contribution in [2.24, 2.45) is 0 Å². The van der Waals surface area contributed by atoms with Crippen LogP contribution in [-0.4, -0.2) is 37.2 Å². The highest BCUT2D eigenvalue weighted by Gasteiger charge is 2.19. The largest absolute Gasteiger partial charge is 0.462 e. The number of ether oxygens (including phenoxy) is 3. The lowest BCUT2D eigenvalue weighted by Gasteiger charge is -2.18. The van der Waals surface area contributed by atoms with Crippen LogP contribution in [0.3, 0.4) is 0 Å². The molecule has 0 N–H and O–H groups in total. The standard InChI is InChI=1S/C52H92O6/c1-4-7-10-13-16-19-21-23-25-27-28-30-33-36-39-42-45-51(54)57-48-49(47-56-50(53)44-41-38-35-32-18-15-12-9-6-3)58-52(55)46-43-40-37-34-31-29-26-24-22-20-17-14-11-8-5-2/h17,20,22,24-25,27,32,35,49H,4-16,18-19,21,23,26,28-31,33-34,36-48H2,1-3H3/b20-17-,24-22-,27-25-,35-32-. The van der Waals surface area contributed by atoms with E-state index in [0.717, 1.165) is 70.6 Å². The number of hydrogen-bond donors (Lipinski definition) is 0. The lowest BCUT2D eigenvalue weighted by molar-refractivity contribution is -0.167. The molecule has 0 rings (SSSR count). The van der Waals surface area contributed by atoms with Gasteiger partial charge in [-0.15, -0.1) is 0 Å². The molecule has 1 atom stereocenters. The summed E-state index contributed by atoms with van der Waals surface area (Å²) in [5, 5.41) is 0. The Kier molecular flexibility index (Phi) is 44.9. The molecule has 0 amide bonds. The summed E-state index contributed by atoms with van der Waals surface area (Å²) in [6.45, 7) is 6.53. The minimum absolute atomic E-state index is 0.0904. The summed E-state index contributed by atoms with van der Waals surface area (Å²) in [6.07, 6.45) is 55.3. The van der Waals surface area contributed by atoms with E-state index in [-0.39, 0.29) is 31.1 Å². The van der Waals surface area contributed by atoms with Crippen molar-refractivity contribution in [2.45, 2.75) is 252 Å². The fraction of sp³-hybridized carbons (Fsp3) is 0.788. The minimum atomic E-state index is -0.790. The summed E-state index contributed by atoms with van der Waals surface area (Å²) in [5.74, 6) is -0.944. The molecule has 0 bridgehead atoms. The van der Waals surface area contributed by atoms with Crippen molar-refractivity contribution in [3.63, 3.8) is 0 Å². The maximum absolute atomic E-state index is 12.7. The van der Waals surface area contributed by atoms with E-state index in [9.17, 15) is 14.4 Å². The number of carbonyl (C=O) groups excluding carboxylic acids is 3. The molecular weight excluding hydrogens is 721 g/mol. The van der Waals surface area contributed by atoms with Gasteiger partial charge in [-0.05, 0) is 89.9 Å². The Bertz CT molecular complexity index is 1030. The van der Waals surface area contributed by atoms with E-state index >= 15 is 0 Å². The molecule has 58 heavy (non-hydrogen) atoms. The molecule has 6 nitrogen and oxygen atoms in total. The van der Waals surface area contributed by atoms with Crippen molar-refractivity contribution in [3.05, 3.63) is 48.6 Å². The van der Waals surface area contributed by atoms with Gasteiger partial charge in [0.1, 0.15) is 13.2 Å². The molecule has 0 radical (unpaired) electrons. The van der Waals surface area contributed by atoms with Gasteiger partial charge in [0.2, 0.25) is 0 Å². The number of hydrogen-bond acceptors (Lipinski definition) is 6. The quantitative estimate of drug-likeness (QED) is 0.0200. The summed E-state index contributed by atoms with van der Waals surface area (Å²) in [6, 6.07) is 0. The molecule has 0 aromatic rings. The van der Waals surface area contributed by atoms with Crippen molar-refractivity contribution in [1.82, 2.24) is 0 Å². The van der Waals surface area contributed by atoms with Gasteiger partial charge in [-0.2, -0.15) is 0 Å². The number of rotatable bonds is 44. The Labute approximate surface area is 358 Å².